The summed E-state index contributed by atoms with van der Waals surface area (Å²) in [6, 6.07) is -3.22. The van der Waals surface area contributed by atoms with E-state index >= 15 is 0 Å². The Morgan fingerprint density at radius 3 is 2.22 bits per heavy atom. The van der Waals surface area contributed by atoms with Gasteiger partial charge in [0.25, 0.3) is 0 Å². The van der Waals surface area contributed by atoms with Crippen molar-refractivity contribution in [3.8, 4) is 0 Å². The first kappa shape index (κ1) is 51.7. The smallest absolute Gasteiger partial charge is 0.407 e. The van der Waals surface area contributed by atoms with E-state index in [1.165, 1.54) is 29.2 Å². The highest BCUT2D eigenvalue weighted by Gasteiger charge is 2.72. The van der Waals surface area contributed by atoms with Crippen LogP contribution in [0.3, 0.4) is 0 Å². The largest absolute Gasteiger partial charge is 0.462 e. The van der Waals surface area contributed by atoms with Crippen molar-refractivity contribution in [2.24, 2.45) is 17.8 Å². The third-order valence-corrected chi connectivity index (χ3v) is 13.1. The lowest BCUT2D eigenvalue weighted by Crippen LogP contribution is -2.56. The van der Waals surface area contributed by atoms with E-state index in [1.807, 2.05) is 34.0 Å². The maximum absolute atomic E-state index is 13.3. The van der Waals surface area contributed by atoms with Crippen LogP contribution >= 0.6 is 11.8 Å². The van der Waals surface area contributed by atoms with Gasteiger partial charge >= 0.3 is 12.1 Å². The monoisotopic (exact) mass is 908 g/mol. The lowest BCUT2D eigenvalue weighted by molar-refractivity contribution is -0.145. The van der Waals surface area contributed by atoms with E-state index in [4.69, 9.17) is 23.7 Å². The van der Waals surface area contributed by atoms with E-state index in [0.717, 1.165) is 6.42 Å². The number of amides is 6. The number of methoxy groups -OCH3 is 1. The molecule has 3 unspecified atom stereocenters. The van der Waals surface area contributed by atoms with Gasteiger partial charge in [-0.05, 0) is 89.6 Å². The molecule has 0 radical (unpaired) electrons. The second-order valence-corrected chi connectivity index (χ2v) is 19.4. The Balaban J connectivity index is 1.24. The highest BCUT2D eigenvalue weighted by Crippen LogP contribution is 2.59. The number of hydrogen-bond donors (Lipinski definition) is 5. The van der Waals surface area contributed by atoms with Gasteiger partial charge in [-0.1, -0.05) is 39.3 Å². The summed E-state index contributed by atoms with van der Waals surface area (Å²) in [7, 11) is 1.61. The molecule has 6 amide bonds. The highest BCUT2D eigenvalue weighted by molar-refractivity contribution is 7.98. The molecule has 63 heavy (non-hydrogen) atoms. The van der Waals surface area contributed by atoms with Gasteiger partial charge in [-0.3, -0.25) is 28.8 Å². The van der Waals surface area contributed by atoms with Crippen LogP contribution in [0.5, 0.6) is 0 Å². The van der Waals surface area contributed by atoms with Crippen molar-refractivity contribution in [1.82, 2.24) is 31.5 Å². The Morgan fingerprint density at radius 2 is 1.62 bits per heavy atom. The van der Waals surface area contributed by atoms with Gasteiger partial charge in [0.2, 0.25) is 29.5 Å². The Labute approximate surface area is 376 Å². The number of carbonyl (C=O) groups is 7. The van der Waals surface area contributed by atoms with Crippen molar-refractivity contribution in [2.45, 2.75) is 154 Å². The number of rotatable bonds is 23. The Kier molecular flexibility index (Phi) is 19.1. The first-order chi connectivity index (χ1) is 29.7. The molecule has 1 spiro atoms. The third kappa shape index (κ3) is 14.5. The summed E-state index contributed by atoms with van der Waals surface area (Å²) in [4.78, 5) is 92.1. The molecule has 0 aromatic heterocycles. The number of epoxide rings is 2. The summed E-state index contributed by atoms with van der Waals surface area (Å²) >= 11 is 1.46. The first-order valence-electron chi connectivity index (χ1n) is 22.3. The van der Waals surface area contributed by atoms with Crippen LogP contribution in [0.25, 0.3) is 0 Å². The van der Waals surface area contributed by atoms with E-state index < -0.39 is 90.8 Å². The zero-order valence-corrected chi connectivity index (χ0v) is 39.6. The van der Waals surface area contributed by atoms with Crippen molar-refractivity contribution >= 4 is 53.4 Å². The molecule has 3 heterocycles. The van der Waals surface area contributed by atoms with E-state index in [0.29, 0.717) is 51.0 Å². The minimum Gasteiger partial charge on any atom is -0.462 e. The Hall–Kier alpha value is -3.94. The van der Waals surface area contributed by atoms with Crippen LogP contribution in [-0.2, 0) is 52.5 Å². The topological polar surface area (TPSA) is 236 Å². The normalized spacial score (nSPS) is 27.4. The number of alkyl carbamates (subject to hydrolysis) is 1. The van der Waals surface area contributed by atoms with Crippen molar-refractivity contribution in [3.63, 3.8) is 0 Å². The molecule has 0 aromatic carbocycles. The Bertz CT molecular complexity index is 1670. The molecule has 10 atom stereocenters. The molecule has 18 nitrogen and oxygen atoms in total. The lowest BCUT2D eigenvalue weighted by Gasteiger charge is -2.42. The predicted octanol–water partition coefficient (Wildman–Crippen LogP) is 2.37. The number of allylic oxidation sites excluding steroid dienone is 1. The molecule has 0 bridgehead atoms. The summed E-state index contributed by atoms with van der Waals surface area (Å²) in [6.45, 7) is 15.0. The van der Waals surface area contributed by atoms with Gasteiger partial charge in [-0.2, -0.15) is 11.8 Å². The molecule has 1 saturated carbocycles. The molecule has 4 fully saturated rings. The molecule has 4 aliphatic rings. The quantitative estimate of drug-likeness (QED) is 0.0564. The van der Waals surface area contributed by atoms with Crippen LogP contribution in [0.1, 0.15) is 100 Å². The molecule has 5 N–H and O–H groups in total. The number of nitrogens with one attached hydrogen (secondary N) is 5. The van der Waals surface area contributed by atoms with Crippen molar-refractivity contribution < 1.29 is 57.2 Å². The van der Waals surface area contributed by atoms with Crippen molar-refractivity contribution in [1.29, 1.82) is 0 Å². The summed E-state index contributed by atoms with van der Waals surface area (Å²) < 4.78 is 29.7. The van der Waals surface area contributed by atoms with Crippen LogP contribution < -0.4 is 26.6 Å². The number of carbonyl (C=O) groups excluding carboxylic acids is 7. The van der Waals surface area contributed by atoms with Gasteiger partial charge in [-0.25, -0.2) is 4.79 Å². The minimum atomic E-state index is -1.02. The van der Waals surface area contributed by atoms with E-state index in [-0.39, 0.29) is 48.4 Å². The number of nitrogens with zero attached hydrogens (tertiary/aromatic N) is 1. The zero-order chi connectivity index (χ0) is 46.6. The molecule has 356 valence electrons. The molecule has 19 heteroatoms. The van der Waals surface area contributed by atoms with E-state index in [2.05, 4.69) is 53.4 Å². The maximum Gasteiger partial charge on any atom is 0.407 e. The first-order valence-corrected chi connectivity index (χ1v) is 23.7. The molecular weight excluding hydrogens is 837 g/mol. The molecular formula is C44H72N6O12S. The fourth-order valence-corrected chi connectivity index (χ4v) is 9.21. The highest BCUT2D eigenvalue weighted by atomic mass is 32.2. The van der Waals surface area contributed by atoms with Gasteiger partial charge in [0.15, 0.2) is 0 Å². The zero-order valence-electron chi connectivity index (χ0n) is 38.8. The van der Waals surface area contributed by atoms with Crippen LogP contribution in [0, 0.1) is 17.8 Å². The van der Waals surface area contributed by atoms with Crippen molar-refractivity contribution in [2.75, 3.05) is 52.0 Å². The second-order valence-electron chi connectivity index (χ2n) is 18.4. The SMILES string of the molecule is CO[C@@H]1[C@H](OC(=O)N[C@@H](COC(=O)CNC(=O)[C@H](CCSC)NC(=O)CNC(=O)[C@H](CC(C)C)NC(=O)[C@@H]2CCCN2C(C)=O)C(C)C)CCC2(CO2)[C@H]1C1(C)OC1CC=C(C)C. The molecule has 0 aromatic rings. The standard InChI is InChI=1S/C44H72N6O12S/c1-25(2)13-14-34-43(8,62-34)38-37(58-9)33(15-17-44(38)24-60-44)61-42(57)49-31(27(5)6)23-59-36(53)22-46-39(54)29(16-19-63-10)47-35(52)21-45-40(55)30(20-26(3)4)48-41(56)32-12-11-18-50(32)28(7)51/h13,26-27,29-34,37-38H,11-12,14-24H2,1-10H3,(H,45,55)(H,46,54)(H,47,52)(H,48,56)(H,49,57)/t29-,30-,31-,32-,33+,34?,37+,38+,43?,44?/m0/s1. The summed E-state index contributed by atoms with van der Waals surface area (Å²) in [5.74, 6) is -2.96. The van der Waals surface area contributed by atoms with Gasteiger partial charge in [0.05, 0.1) is 31.2 Å². The molecule has 3 saturated heterocycles. The van der Waals surface area contributed by atoms with Gasteiger partial charge in [0.1, 0.15) is 54.7 Å². The number of likely N-dealkylation sites (tertiary alicyclic amines) is 1. The average molecular weight is 909 g/mol. The average Bonchev–Trinajstić information content (AvgIpc) is 4.07. The summed E-state index contributed by atoms with van der Waals surface area (Å²) in [5, 5.41) is 13.3. The maximum atomic E-state index is 13.3. The lowest BCUT2D eigenvalue weighted by atomic mass is 9.68. The Morgan fingerprint density at radius 1 is 0.937 bits per heavy atom. The van der Waals surface area contributed by atoms with Crippen LogP contribution in [0.4, 0.5) is 4.79 Å². The number of thioether (sulfide) groups is 1. The van der Waals surface area contributed by atoms with E-state index in [1.54, 1.807) is 7.11 Å². The van der Waals surface area contributed by atoms with Gasteiger partial charge in [0, 0.05) is 20.6 Å². The van der Waals surface area contributed by atoms with Crippen molar-refractivity contribution in [3.05, 3.63) is 11.6 Å². The number of hydrogen-bond acceptors (Lipinski definition) is 13. The molecule has 1 aliphatic carbocycles. The number of esters is 1. The van der Waals surface area contributed by atoms with Gasteiger partial charge in [-0.15, -0.1) is 0 Å². The number of ether oxygens (including phenoxy) is 5. The predicted molar refractivity (Wildman–Crippen MR) is 235 cm³/mol. The summed E-state index contributed by atoms with van der Waals surface area (Å²) in [5.41, 5.74) is 0.354. The third-order valence-electron chi connectivity index (χ3n) is 12.4. The summed E-state index contributed by atoms with van der Waals surface area (Å²) in [6.07, 6.45) is 6.07. The molecule has 4 rings (SSSR count). The fourth-order valence-electron chi connectivity index (χ4n) is 8.74. The van der Waals surface area contributed by atoms with Crippen LogP contribution in [0.2, 0.25) is 0 Å². The second kappa shape index (κ2) is 23.3. The fraction of sp³-hybridized carbons (Fsp3) is 0.795. The van der Waals surface area contributed by atoms with Gasteiger partial charge < -0.3 is 55.2 Å². The van der Waals surface area contributed by atoms with Crippen LogP contribution in [0.15, 0.2) is 11.6 Å². The van der Waals surface area contributed by atoms with E-state index in [9.17, 15) is 33.6 Å². The van der Waals surface area contributed by atoms with Crippen LogP contribution in [-0.4, -0.2) is 152 Å². The molecule has 3 aliphatic heterocycles. The minimum absolute atomic E-state index is 0.00789.